The van der Waals surface area contributed by atoms with Crippen molar-refractivity contribution in [2.75, 3.05) is 23.5 Å². The molecule has 6 heteroatoms. The van der Waals surface area contributed by atoms with Crippen LogP contribution in [0.3, 0.4) is 0 Å². The van der Waals surface area contributed by atoms with Crippen molar-refractivity contribution in [2.24, 2.45) is 11.7 Å². The predicted molar refractivity (Wildman–Crippen MR) is 82.1 cm³/mol. The molecule has 1 heterocycles. The topological polar surface area (TPSA) is 60.2 Å². The molecule has 2 rings (SSSR count). The summed E-state index contributed by atoms with van der Waals surface area (Å²) in [6, 6.07) is 0.173. The quantitative estimate of drug-likeness (QED) is 0.861. The van der Waals surface area contributed by atoms with E-state index < -0.39 is 9.84 Å². The van der Waals surface area contributed by atoms with Gasteiger partial charge in [-0.1, -0.05) is 6.42 Å². The molecular formula is C12H23NO2S3. The highest BCUT2D eigenvalue weighted by Crippen LogP contribution is 2.35. The van der Waals surface area contributed by atoms with Crippen LogP contribution in [-0.2, 0) is 9.84 Å². The van der Waals surface area contributed by atoms with E-state index in [0.29, 0.717) is 11.2 Å². The lowest BCUT2D eigenvalue weighted by molar-refractivity contribution is 0.305. The van der Waals surface area contributed by atoms with Crippen LogP contribution in [0.1, 0.15) is 25.7 Å². The van der Waals surface area contributed by atoms with Crippen LogP contribution >= 0.6 is 23.5 Å². The molecule has 4 unspecified atom stereocenters. The standard InChI is InChI=1S/C12H23NO2S3/c1-18(14,15)10-4-2-3-9(7-10)12(13)11-8-16-5-6-17-11/h9-12H,2-8,13H2,1H3. The zero-order valence-corrected chi connectivity index (χ0v) is 13.3. The molecule has 18 heavy (non-hydrogen) atoms. The van der Waals surface area contributed by atoms with Crippen LogP contribution in [0.4, 0.5) is 0 Å². The summed E-state index contributed by atoms with van der Waals surface area (Å²) in [5.41, 5.74) is 6.40. The van der Waals surface area contributed by atoms with Crippen molar-refractivity contribution in [1.82, 2.24) is 0 Å². The average molecular weight is 310 g/mol. The monoisotopic (exact) mass is 309 g/mol. The van der Waals surface area contributed by atoms with Gasteiger partial charge in [-0.15, -0.1) is 0 Å². The van der Waals surface area contributed by atoms with Crippen molar-refractivity contribution < 1.29 is 8.42 Å². The highest BCUT2D eigenvalue weighted by molar-refractivity contribution is 8.06. The van der Waals surface area contributed by atoms with E-state index in [1.165, 1.54) is 17.8 Å². The average Bonchev–Trinajstić information content (AvgIpc) is 2.38. The van der Waals surface area contributed by atoms with Crippen molar-refractivity contribution in [2.45, 2.75) is 42.2 Å². The number of hydrogen-bond donors (Lipinski definition) is 1. The van der Waals surface area contributed by atoms with Crippen LogP contribution in [0.5, 0.6) is 0 Å². The fraction of sp³-hybridized carbons (Fsp3) is 1.00. The molecule has 1 aliphatic carbocycles. The van der Waals surface area contributed by atoms with E-state index in [0.717, 1.165) is 31.4 Å². The summed E-state index contributed by atoms with van der Waals surface area (Å²) < 4.78 is 23.4. The van der Waals surface area contributed by atoms with Gasteiger partial charge in [0.15, 0.2) is 0 Å². The Morgan fingerprint density at radius 1 is 1.28 bits per heavy atom. The van der Waals surface area contributed by atoms with E-state index >= 15 is 0 Å². The molecule has 106 valence electrons. The molecule has 0 aromatic carbocycles. The number of thioether (sulfide) groups is 2. The lowest BCUT2D eigenvalue weighted by Crippen LogP contribution is -2.45. The van der Waals surface area contributed by atoms with Gasteiger partial charge in [-0.2, -0.15) is 23.5 Å². The van der Waals surface area contributed by atoms with Crippen LogP contribution < -0.4 is 5.73 Å². The highest BCUT2D eigenvalue weighted by Gasteiger charge is 2.35. The second kappa shape index (κ2) is 6.37. The molecule has 3 nitrogen and oxygen atoms in total. The van der Waals surface area contributed by atoms with Gasteiger partial charge in [0.2, 0.25) is 0 Å². The molecule has 1 saturated heterocycles. The fourth-order valence-electron chi connectivity index (χ4n) is 2.95. The molecule has 0 aromatic rings. The molecule has 4 atom stereocenters. The van der Waals surface area contributed by atoms with Gasteiger partial charge < -0.3 is 5.73 Å². The van der Waals surface area contributed by atoms with E-state index in [2.05, 4.69) is 0 Å². The largest absolute Gasteiger partial charge is 0.326 e. The minimum atomic E-state index is -2.89. The van der Waals surface area contributed by atoms with Crippen LogP contribution in [0, 0.1) is 5.92 Å². The van der Waals surface area contributed by atoms with E-state index in [1.54, 1.807) is 0 Å². The van der Waals surface area contributed by atoms with Gasteiger partial charge in [0.25, 0.3) is 0 Å². The van der Waals surface area contributed by atoms with Crippen molar-refractivity contribution >= 4 is 33.4 Å². The first-order chi connectivity index (χ1) is 8.48. The third kappa shape index (κ3) is 3.81. The molecule has 0 bridgehead atoms. The molecular weight excluding hydrogens is 286 g/mol. The second-order valence-corrected chi connectivity index (χ2v) is 10.3. The molecule has 2 N–H and O–H groups in total. The minimum Gasteiger partial charge on any atom is -0.326 e. The van der Waals surface area contributed by atoms with E-state index in [-0.39, 0.29) is 11.3 Å². The zero-order chi connectivity index (χ0) is 13.2. The molecule has 2 aliphatic rings. The summed E-state index contributed by atoms with van der Waals surface area (Å²) in [6.07, 6.45) is 5.10. The molecule has 1 aliphatic heterocycles. The first-order valence-corrected chi connectivity index (χ1v) is 10.8. The molecule has 0 spiro atoms. The van der Waals surface area contributed by atoms with E-state index in [4.69, 9.17) is 5.73 Å². The highest BCUT2D eigenvalue weighted by atomic mass is 32.2. The maximum absolute atomic E-state index is 11.7. The fourth-order valence-corrected chi connectivity index (χ4v) is 7.04. The Balaban J connectivity index is 1.95. The maximum atomic E-state index is 11.7. The minimum absolute atomic E-state index is 0.149. The third-order valence-electron chi connectivity index (χ3n) is 4.09. The number of nitrogens with two attached hydrogens (primary N) is 1. The summed E-state index contributed by atoms with van der Waals surface area (Å²) >= 11 is 3.96. The van der Waals surface area contributed by atoms with Gasteiger partial charge >= 0.3 is 0 Å². The van der Waals surface area contributed by atoms with Gasteiger partial charge in [0, 0.05) is 34.8 Å². The second-order valence-electron chi connectivity index (χ2n) is 5.44. The first-order valence-electron chi connectivity index (χ1n) is 6.62. The Bertz CT molecular complexity index is 366. The summed E-state index contributed by atoms with van der Waals surface area (Å²) in [4.78, 5) is 0. The van der Waals surface area contributed by atoms with Crippen LogP contribution in [0.25, 0.3) is 0 Å². The molecule has 2 fully saturated rings. The van der Waals surface area contributed by atoms with Gasteiger partial charge in [0.05, 0.1) is 5.25 Å². The lowest BCUT2D eigenvalue weighted by atomic mass is 9.83. The van der Waals surface area contributed by atoms with E-state index in [1.807, 2.05) is 23.5 Å². The Morgan fingerprint density at radius 3 is 2.67 bits per heavy atom. The summed E-state index contributed by atoms with van der Waals surface area (Å²) in [7, 11) is -2.89. The maximum Gasteiger partial charge on any atom is 0.150 e. The van der Waals surface area contributed by atoms with Crippen molar-refractivity contribution in [3.63, 3.8) is 0 Å². The molecule has 0 aromatic heterocycles. The van der Waals surface area contributed by atoms with Crippen molar-refractivity contribution in [3.05, 3.63) is 0 Å². The first kappa shape index (κ1) is 15.0. The Labute approximate surface area is 119 Å². The number of rotatable bonds is 3. The predicted octanol–water partition coefficient (Wildman–Crippen LogP) is 1.77. The molecule has 0 amide bonds. The normalized spacial score (nSPS) is 36.2. The zero-order valence-electron chi connectivity index (χ0n) is 10.9. The van der Waals surface area contributed by atoms with Crippen LogP contribution in [0.2, 0.25) is 0 Å². The Hall–Kier alpha value is 0.610. The third-order valence-corrected chi connectivity index (χ3v) is 8.63. The number of hydrogen-bond acceptors (Lipinski definition) is 5. The Kier molecular flexibility index (Phi) is 5.31. The van der Waals surface area contributed by atoms with Gasteiger partial charge in [-0.3, -0.25) is 0 Å². The van der Waals surface area contributed by atoms with Gasteiger partial charge in [0.1, 0.15) is 9.84 Å². The Morgan fingerprint density at radius 2 is 2.06 bits per heavy atom. The summed E-state index contributed by atoms with van der Waals surface area (Å²) in [6.45, 7) is 0. The smallest absolute Gasteiger partial charge is 0.150 e. The molecule has 0 radical (unpaired) electrons. The van der Waals surface area contributed by atoms with E-state index in [9.17, 15) is 8.42 Å². The number of sulfone groups is 1. The van der Waals surface area contributed by atoms with Crippen LogP contribution in [0.15, 0.2) is 0 Å². The SMILES string of the molecule is CS(=O)(=O)C1CCCC(C(N)C2CSCCS2)C1. The van der Waals surface area contributed by atoms with Gasteiger partial charge in [-0.05, 0) is 25.2 Å². The lowest BCUT2D eigenvalue weighted by Gasteiger charge is -2.36. The molecule has 1 saturated carbocycles. The van der Waals surface area contributed by atoms with Crippen molar-refractivity contribution in [1.29, 1.82) is 0 Å². The summed E-state index contributed by atoms with van der Waals surface area (Å²) in [5, 5.41) is 0.371. The van der Waals surface area contributed by atoms with Gasteiger partial charge in [-0.25, -0.2) is 8.42 Å². The van der Waals surface area contributed by atoms with Crippen molar-refractivity contribution in [3.8, 4) is 0 Å². The summed E-state index contributed by atoms with van der Waals surface area (Å²) in [5.74, 6) is 3.94. The van der Waals surface area contributed by atoms with Crippen LogP contribution in [-0.4, -0.2) is 48.5 Å².